The molecule has 4 rings (SSSR count). The van der Waals surface area contributed by atoms with Gasteiger partial charge >= 0.3 is 0 Å². The molecule has 0 radical (unpaired) electrons. The highest BCUT2D eigenvalue weighted by Crippen LogP contribution is 2.34. The topological polar surface area (TPSA) is 62.6 Å². The van der Waals surface area contributed by atoms with Gasteiger partial charge in [0.1, 0.15) is 0 Å². The van der Waals surface area contributed by atoms with Crippen LogP contribution in [0.25, 0.3) is 0 Å². The van der Waals surface area contributed by atoms with Gasteiger partial charge in [0, 0.05) is 23.8 Å². The summed E-state index contributed by atoms with van der Waals surface area (Å²) in [6.45, 7) is 2.65. The van der Waals surface area contributed by atoms with Crippen LogP contribution in [0.3, 0.4) is 0 Å². The molecule has 0 saturated heterocycles. The highest BCUT2D eigenvalue weighted by atomic mass is 16.3. The first kappa shape index (κ1) is 16.9. The molecule has 26 heavy (non-hydrogen) atoms. The zero-order valence-corrected chi connectivity index (χ0v) is 15.0. The lowest BCUT2D eigenvalue weighted by Gasteiger charge is -2.20. The molecule has 0 spiro atoms. The summed E-state index contributed by atoms with van der Waals surface area (Å²) in [4.78, 5) is 27.0. The van der Waals surface area contributed by atoms with E-state index >= 15 is 0 Å². The van der Waals surface area contributed by atoms with Crippen molar-refractivity contribution in [3.8, 4) is 0 Å². The molecule has 2 heterocycles. The molecule has 0 bridgehead atoms. The summed E-state index contributed by atoms with van der Waals surface area (Å²) in [5.41, 5.74) is 2.72. The maximum Gasteiger partial charge on any atom is 0.293 e. The van der Waals surface area contributed by atoms with E-state index < -0.39 is 0 Å². The van der Waals surface area contributed by atoms with E-state index in [-0.39, 0.29) is 17.7 Å². The van der Waals surface area contributed by atoms with Gasteiger partial charge in [0.25, 0.3) is 5.91 Å². The average Bonchev–Trinajstić information content (AvgIpc) is 3.41. The predicted octanol–water partition coefficient (Wildman–Crippen LogP) is 4.25. The van der Waals surface area contributed by atoms with Crippen molar-refractivity contribution in [2.75, 3.05) is 16.8 Å². The third-order valence-electron chi connectivity index (χ3n) is 5.75. The standard InChI is InChI=1S/C21H24N2O3/c1-14(15-5-2-3-6-15)20(24)22-17-9-8-16-10-11-23(18(16)13-17)21(25)19-7-4-12-26-19/h4,7-9,12-15H,2-3,5-6,10-11H2,1H3,(H,22,24). The Morgan fingerprint density at radius 1 is 1.23 bits per heavy atom. The number of rotatable bonds is 4. The van der Waals surface area contributed by atoms with Crippen molar-refractivity contribution in [1.82, 2.24) is 0 Å². The average molecular weight is 352 g/mol. The lowest BCUT2D eigenvalue weighted by molar-refractivity contribution is -0.120. The SMILES string of the molecule is CC(C(=O)Nc1ccc2c(c1)N(C(=O)c1ccco1)CC2)C1CCCC1. The van der Waals surface area contributed by atoms with Gasteiger partial charge in [0.2, 0.25) is 5.91 Å². The number of furan rings is 1. The number of nitrogens with zero attached hydrogens (tertiary/aromatic N) is 1. The molecule has 2 amide bonds. The lowest BCUT2D eigenvalue weighted by atomic mass is 9.92. The van der Waals surface area contributed by atoms with Crippen molar-refractivity contribution in [3.05, 3.63) is 47.9 Å². The fourth-order valence-corrected chi connectivity index (χ4v) is 4.13. The first-order chi connectivity index (χ1) is 12.6. The van der Waals surface area contributed by atoms with Crippen molar-refractivity contribution < 1.29 is 14.0 Å². The molecule has 1 fully saturated rings. The zero-order chi connectivity index (χ0) is 18.1. The number of carbonyl (C=O) groups excluding carboxylic acids is 2. The summed E-state index contributed by atoms with van der Waals surface area (Å²) in [5.74, 6) is 0.769. The Morgan fingerprint density at radius 3 is 2.77 bits per heavy atom. The molecular weight excluding hydrogens is 328 g/mol. The van der Waals surface area contributed by atoms with Crippen LogP contribution in [0.2, 0.25) is 0 Å². The molecule has 1 aromatic carbocycles. The van der Waals surface area contributed by atoms with Gasteiger partial charge in [-0.05, 0) is 55.0 Å². The van der Waals surface area contributed by atoms with Gasteiger partial charge in [-0.2, -0.15) is 0 Å². The number of hydrogen-bond acceptors (Lipinski definition) is 3. The summed E-state index contributed by atoms with van der Waals surface area (Å²) >= 11 is 0. The summed E-state index contributed by atoms with van der Waals surface area (Å²) in [7, 11) is 0. The van der Waals surface area contributed by atoms with E-state index in [1.54, 1.807) is 17.0 Å². The second-order valence-electron chi connectivity index (χ2n) is 7.35. The molecule has 5 heteroatoms. The van der Waals surface area contributed by atoms with E-state index in [4.69, 9.17) is 4.42 Å². The maximum atomic E-state index is 12.6. The molecule has 1 aliphatic carbocycles. The van der Waals surface area contributed by atoms with Crippen molar-refractivity contribution in [3.63, 3.8) is 0 Å². The zero-order valence-electron chi connectivity index (χ0n) is 15.0. The van der Waals surface area contributed by atoms with Crippen molar-refractivity contribution >= 4 is 23.2 Å². The van der Waals surface area contributed by atoms with E-state index in [9.17, 15) is 9.59 Å². The number of benzene rings is 1. The van der Waals surface area contributed by atoms with Crippen LogP contribution in [0.5, 0.6) is 0 Å². The number of anilines is 2. The van der Waals surface area contributed by atoms with Gasteiger partial charge in [-0.3, -0.25) is 9.59 Å². The highest BCUT2D eigenvalue weighted by Gasteiger charge is 2.29. The number of amides is 2. The maximum absolute atomic E-state index is 12.6. The molecule has 1 unspecified atom stereocenters. The molecule has 2 aromatic rings. The fraction of sp³-hybridized carbons (Fsp3) is 0.429. The van der Waals surface area contributed by atoms with E-state index in [0.29, 0.717) is 18.2 Å². The molecule has 5 nitrogen and oxygen atoms in total. The smallest absolute Gasteiger partial charge is 0.293 e. The Morgan fingerprint density at radius 2 is 2.04 bits per heavy atom. The van der Waals surface area contributed by atoms with Crippen LogP contribution in [-0.4, -0.2) is 18.4 Å². The number of hydrogen-bond donors (Lipinski definition) is 1. The Labute approximate surface area is 153 Å². The van der Waals surface area contributed by atoms with Gasteiger partial charge in [-0.1, -0.05) is 25.8 Å². The van der Waals surface area contributed by atoms with E-state index in [1.165, 1.54) is 19.1 Å². The largest absolute Gasteiger partial charge is 0.459 e. The van der Waals surface area contributed by atoms with Crippen LogP contribution < -0.4 is 10.2 Å². The monoisotopic (exact) mass is 352 g/mol. The molecule has 1 atom stereocenters. The highest BCUT2D eigenvalue weighted by molar-refractivity contribution is 6.06. The van der Waals surface area contributed by atoms with Crippen molar-refractivity contribution in [2.45, 2.75) is 39.0 Å². The van der Waals surface area contributed by atoms with E-state index in [2.05, 4.69) is 5.32 Å². The molecule has 136 valence electrons. The minimum absolute atomic E-state index is 0.0200. The second-order valence-corrected chi connectivity index (χ2v) is 7.35. The predicted molar refractivity (Wildman–Crippen MR) is 100 cm³/mol. The third-order valence-corrected chi connectivity index (χ3v) is 5.75. The van der Waals surface area contributed by atoms with Crippen LogP contribution in [0.4, 0.5) is 11.4 Å². The van der Waals surface area contributed by atoms with Crippen LogP contribution in [-0.2, 0) is 11.2 Å². The second kappa shape index (κ2) is 6.98. The van der Waals surface area contributed by atoms with Gasteiger partial charge in [-0.25, -0.2) is 0 Å². The summed E-state index contributed by atoms with van der Waals surface area (Å²) in [6.07, 6.45) is 7.06. The van der Waals surface area contributed by atoms with Crippen LogP contribution in [0.1, 0.15) is 48.7 Å². The van der Waals surface area contributed by atoms with Crippen molar-refractivity contribution in [2.24, 2.45) is 11.8 Å². The van der Waals surface area contributed by atoms with Gasteiger partial charge in [-0.15, -0.1) is 0 Å². The Kier molecular flexibility index (Phi) is 4.53. The molecule has 1 aromatic heterocycles. The number of nitrogens with one attached hydrogen (secondary N) is 1. The van der Waals surface area contributed by atoms with Gasteiger partial charge in [0.15, 0.2) is 5.76 Å². The minimum Gasteiger partial charge on any atom is -0.459 e. The summed E-state index contributed by atoms with van der Waals surface area (Å²) in [5, 5.41) is 3.04. The minimum atomic E-state index is -0.142. The van der Waals surface area contributed by atoms with E-state index in [1.807, 2.05) is 25.1 Å². The number of carbonyl (C=O) groups is 2. The Bertz CT molecular complexity index is 807. The number of fused-ring (bicyclic) bond motifs is 1. The van der Waals surface area contributed by atoms with Gasteiger partial charge < -0.3 is 14.6 Å². The normalized spacial score (nSPS) is 18.0. The first-order valence-corrected chi connectivity index (χ1v) is 9.42. The molecule has 1 N–H and O–H groups in total. The van der Waals surface area contributed by atoms with Crippen LogP contribution >= 0.6 is 0 Å². The van der Waals surface area contributed by atoms with Gasteiger partial charge in [0.05, 0.1) is 6.26 Å². The molecular formula is C21H24N2O3. The van der Waals surface area contributed by atoms with Crippen LogP contribution in [0.15, 0.2) is 41.0 Å². The molecule has 1 saturated carbocycles. The summed E-state index contributed by atoms with van der Waals surface area (Å²) < 4.78 is 5.24. The van der Waals surface area contributed by atoms with E-state index in [0.717, 1.165) is 36.2 Å². The lowest BCUT2D eigenvalue weighted by Crippen LogP contribution is -2.29. The summed E-state index contributed by atoms with van der Waals surface area (Å²) in [6, 6.07) is 9.22. The molecule has 1 aliphatic heterocycles. The Hall–Kier alpha value is -2.56. The van der Waals surface area contributed by atoms with Crippen LogP contribution in [0, 0.1) is 11.8 Å². The van der Waals surface area contributed by atoms with Crippen molar-refractivity contribution in [1.29, 1.82) is 0 Å². The molecule has 2 aliphatic rings. The Balaban J connectivity index is 1.50. The third kappa shape index (κ3) is 3.14. The quantitative estimate of drug-likeness (QED) is 0.895. The first-order valence-electron chi connectivity index (χ1n) is 9.42. The fourth-order valence-electron chi connectivity index (χ4n) is 4.13.